The van der Waals surface area contributed by atoms with Crippen molar-refractivity contribution in [2.75, 3.05) is 43.5 Å². The van der Waals surface area contributed by atoms with E-state index in [-0.39, 0.29) is 0 Å². The summed E-state index contributed by atoms with van der Waals surface area (Å²) >= 11 is 3.09. The maximum atomic E-state index is 5.76. The molecule has 16 heavy (non-hydrogen) atoms. The maximum absolute atomic E-state index is 5.76. The van der Waals surface area contributed by atoms with Gasteiger partial charge in [-0.2, -0.15) is 4.37 Å². The third-order valence-electron chi connectivity index (χ3n) is 2.49. The summed E-state index contributed by atoms with van der Waals surface area (Å²) < 4.78 is 4.15. The second-order valence-electron chi connectivity index (χ2n) is 3.38. The molecule has 6 heteroatoms. The molecule has 0 saturated heterocycles. The smallest absolute Gasteiger partial charge is 0.153 e. The molecule has 0 spiro atoms. The van der Waals surface area contributed by atoms with E-state index in [0.29, 0.717) is 5.82 Å². The summed E-state index contributed by atoms with van der Waals surface area (Å²) in [4.78, 5) is 3.46. The summed E-state index contributed by atoms with van der Waals surface area (Å²) in [6.07, 6.45) is 2.02. The molecule has 0 bridgehead atoms. The number of nitrogens with one attached hydrogen (secondary N) is 1. The van der Waals surface area contributed by atoms with Crippen LogP contribution in [0.1, 0.15) is 13.8 Å². The lowest BCUT2D eigenvalue weighted by Crippen LogP contribution is -2.28. The molecule has 1 rings (SSSR count). The van der Waals surface area contributed by atoms with Crippen molar-refractivity contribution in [2.45, 2.75) is 18.7 Å². The average molecular weight is 260 g/mol. The molecule has 0 saturated carbocycles. The lowest BCUT2D eigenvalue weighted by molar-refractivity contribution is 0.316. The lowest BCUT2D eigenvalue weighted by atomic mass is 10.4. The number of hydrogen-bond donors (Lipinski definition) is 2. The van der Waals surface area contributed by atoms with Crippen molar-refractivity contribution in [1.29, 1.82) is 0 Å². The van der Waals surface area contributed by atoms with Gasteiger partial charge in [0, 0.05) is 13.1 Å². The number of likely N-dealkylation sites (N-methyl/N-ethyl adjacent to an activating group) is 1. The van der Waals surface area contributed by atoms with E-state index in [1.807, 2.05) is 6.26 Å². The first-order valence-electron chi connectivity index (χ1n) is 5.48. The molecular weight excluding hydrogens is 240 g/mol. The van der Waals surface area contributed by atoms with Gasteiger partial charge in [0.25, 0.3) is 0 Å². The van der Waals surface area contributed by atoms with Crippen molar-refractivity contribution < 1.29 is 0 Å². The van der Waals surface area contributed by atoms with Crippen molar-refractivity contribution in [1.82, 2.24) is 9.27 Å². The zero-order valence-corrected chi connectivity index (χ0v) is 11.7. The van der Waals surface area contributed by atoms with Gasteiger partial charge < -0.3 is 16.0 Å². The number of thioether (sulfide) groups is 1. The topological polar surface area (TPSA) is 54.2 Å². The molecule has 0 aliphatic rings. The first-order valence-corrected chi connectivity index (χ1v) is 7.48. The van der Waals surface area contributed by atoms with Crippen molar-refractivity contribution in [3.63, 3.8) is 0 Å². The number of aromatic nitrogens is 1. The van der Waals surface area contributed by atoms with Crippen molar-refractivity contribution >= 4 is 34.1 Å². The minimum absolute atomic E-state index is 0.642. The molecule has 0 atom stereocenters. The molecular formula is C10H20N4S2. The van der Waals surface area contributed by atoms with Gasteiger partial charge in [-0.05, 0) is 30.9 Å². The first kappa shape index (κ1) is 13.6. The van der Waals surface area contributed by atoms with Crippen LogP contribution in [0.25, 0.3) is 0 Å². The Labute approximate surface area is 106 Å². The summed E-state index contributed by atoms with van der Waals surface area (Å²) in [5, 5.41) is 4.49. The van der Waals surface area contributed by atoms with Crippen LogP contribution >= 0.6 is 23.3 Å². The van der Waals surface area contributed by atoms with Crippen LogP contribution in [0, 0.1) is 0 Å². The molecule has 0 aliphatic carbocycles. The van der Waals surface area contributed by atoms with Crippen LogP contribution in [0.2, 0.25) is 0 Å². The van der Waals surface area contributed by atoms with Crippen molar-refractivity contribution in [3.8, 4) is 0 Å². The highest BCUT2D eigenvalue weighted by Gasteiger charge is 2.09. The van der Waals surface area contributed by atoms with Gasteiger partial charge in [-0.3, -0.25) is 0 Å². The molecule has 0 aromatic carbocycles. The van der Waals surface area contributed by atoms with Crippen molar-refractivity contribution in [3.05, 3.63) is 0 Å². The molecule has 4 nitrogen and oxygen atoms in total. The standard InChI is InChI=1S/C10H20N4S2/c1-4-14(5-2)7-6-12-10-8(15-3)9(11)13-16-10/h12H,4-7H2,1-3H3,(H2,11,13). The highest BCUT2D eigenvalue weighted by Crippen LogP contribution is 2.34. The quantitative estimate of drug-likeness (QED) is 0.736. The van der Waals surface area contributed by atoms with Gasteiger partial charge in [0.1, 0.15) is 5.00 Å². The van der Waals surface area contributed by atoms with E-state index >= 15 is 0 Å². The van der Waals surface area contributed by atoms with Gasteiger partial charge >= 0.3 is 0 Å². The van der Waals surface area contributed by atoms with E-state index < -0.39 is 0 Å². The Hall–Kier alpha value is -0.460. The minimum Gasteiger partial charge on any atom is -0.382 e. The fourth-order valence-electron chi connectivity index (χ4n) is 1.47. The molecule has 92 valence electrons. The molecule has 0 aliphatic heterocycles. The van der Waals surface area contributed by atoms with Crippen LogP contribution in [0.5, 0.6) is 0 Å². The predicted octanol–water partition coefficient (Wildman–Crippen LogP) is 2.20. The maximum Gasteiger partial charge on any atom is 0.153 e. The fourth-order valence-corrected chi connectivity index (χ4v) is 3.04. The van der Waals surface area contributed by atoms with Gasteiger partial charge in [0.2, 0.25) is 0 Å². The molecule has 0 unspecified atom stereocenters. The molecule has 1 aromatic heterocycles. The number of nitrogen functional groups attached to an aromatic ring is 1. The van der Waals surface area contributed by atoms with E-state index in [9.17, 15) is 0 Å². The largest absolute Gasteiger partial charge is 0.382 e. The highest BCUT2D eigenvalue weighted by atomic mass is 32.2. The number of nitrogens with two attached hydrogens (primary N) is 1. The minimum atomic E-state index is 0.642. The third kappa shape index (κ3) is 3.54. The number of anilines is 2. The number of rotatable bonds is 7. The van der Waals surface area contributed by atoms with Crippen LogP contribution in [0.4, 0.5) is 10.8 Å². The molecule has 3 N–H and O–H groups in total. The van der Waals surface area contributed by atoms with Crippen LogP contribution < -0.4 is 11.1 Å². The Morgan fingerprint density at radius 1 is 1.44 bits per heavy atom. The normalized spacial score (nSPS) is 11.0. The molecule has 0 amide bonds. The Morgan fingerprint density at radius 2 is 2.12 bits per heavy atom. The van der Waals surface area contributed by atoms with Crippen molar-refractivity contribution in [2.24, 2.45) is 0 Å². The average Bonchev–Trinajstić information content (AvgIpc) is 2.65. The number of nitrogens with zero attached hydrogens (tertiary/aromatic N) is 2. The second kappa shape index (κ2) is 6.98. The molecule has 0 fully saturated rings. The Bertz CT molecular complexity index is 310. The van der Waals surface area contributed by atoms with Gasteiger partial charge in [0.05, 0.1) is 4.90 Å². The third-order valence-corrected chi connectivity index (χ3v) is 4.26. The van der Waals surface area contributed by atoms with Crippen LogP contribution in [0.3, 0.4) is 0 Å². The number of hydrogen-bond acceptors (Lipinski definition) is 6. The predicted molar refractivity (Wildman–Crippen MR) is 74.6 cm³/mol. The van der Waals surface area contributed by atoms with E-state index in [2.05, 4.69) is 28.4 Å². The SMILES string of the molecule is CCN(CC)CCNc1snc(N)c1SC. The summed E-state index contributed by atoms with van der Waals surface area (Å²) in [7, 11) is 0. The summed E-state index contributed by atoms with van der Waals surface area (Å²) in [5.41, 5.74) is 5.76. The van der Waals surface area contributed by atoms with Crippen LogP contribution in [0.15, 0.2) is 4.90 Å². The van der Waals surface area contributed by atoms with Gasteiger partial charge in [0.15, 0.2) is 5.82 Å². The van der Waals surface area contributed by atoms with Gasteiger partial charge in [-0.1, -0.05) is 13.8 Å². The Morgan fingerprint density at radius 3 is 2.69 bits per heavy atom. The zero-order chi connectivity index (χ0) is 12.0. The van der Waals surface area contributed by atoms with E-state index in [0.717, 1.165) is 36.1 Å². The van der Waals surface area contributed by atoms with Crippen LogP contribution in [-0.2, 0) is 0 Å². The molecule has 1 heterocycles. The second-order valence-corrected chi connectivity index (χ2v) is 4.97. The monoisotopic (exact) mass is 260 g/mol. The van der Waals surface area contributed by atoms with E-state index in [1.165, 1.54) is 11.5 Å². The van der Waals surface area contributed by atoms with Gasteiger partial charge in [-0.25, -0.2) is 0 Å². The first-order chi connectivity index (χ1) is 7.72. The van der Waals surface area contributed by atoms with Crippen LogP contribution in [-0.4, -0.2) is 41.7 Å². The zero-order valence-electron chi connectivity index (χ0n) is 10.1. The van der Waals surface area contributed by atoms with E-state index in [4.69, 9.17) is 5.73 Å². The van der Waals surface area contributed by atoms with E-state index in [1.54, 1.807) is 11.8 Å². The Kier molecular flexibility index (Phi) is 5.94. The molecule has 0 radical (unpaired) electrons. The fraction of sp³-hybridized carbons (Fsp3) is 0.700. The summed E-state index contributed by atoms with van der Waals surface area (Å²) in [5.74, 6) is 0.642. The summed E-state index contributed by atoms with van der Waals surface area (Å²) in [6.45, 7) is 8.55. The summed E-state index contributed by atoms with van der Waals surface area (Å²) in [6, 6.07) is 0. The highest BCUT2D eigenvalue weighted by molar-refractivity contribution is 7.99. The molecule has 1 aromatic rings. The van der Waals surface area contributed by atoms with Gasteiger partial charge in [-0.15, -0.1) is 11.8 Å². The lowest BCUT2D eigenvalue weighted by Gasteiger charge is -2.18. The Balaban J connectivity index is 2.42.